The van der Waals surface area contributed by atoms with Gasteiger partial charge >= 0.3 is 0 Å². The smallest absolute Gasteiger partial charge is 0.217 e. The third-order valence-electron chi connectivity index (χ3n) is 0.642. The van der Waals surface area contributed by atoms with Gasteiger partial charge in [0.25, 0.3) is 0 Å². The highest BCUT2D eigenvalue weighted by atomic mass is 32.2. The maximum Gasteiger partial charge on any atom is 0.217 e. The summed E-state index contributed by atoms with van der Waals surface area (Å²) in [5.74, 6) is 0.0694. The molecule has 1 heterocycles. The van der Waals surface area contributed by atoms with Crippen molar-refractivity contribution in [2.75, 3.05) is 0 Å². The Hall–Kier alpha value is -0.700. The molecule has 0 amide bonds. The number of hydrogen-bond acceptors (Lipinski definition) is 2. The van der Waals surface area contributed by atoms with Crippen molar-refractivity contribution in [1.82, 2.24) is 0 Å². The van der Waals surface area contributed by atoms with Gasteiger partial charge in [-0.25, -0.2) is 0 Å². The van der Waals surface area contributed by atoms with Gasteiger partial charge in [-0.15, -0.1) is 0 Å². The normalized spacial score (nSPS) is 17.8. The van der Waals surface area contributed by atoms with Gasteiger partial charge in [0.15, 0.2) is 0 Å². The molecule has 0 unspecified atom stereocenters. The molecule has 3 heteroatoms. The van der Waals surface area contributed by atoms with E-state index in [1.165, 1.54) is 18.0 Å². The van der Waals surface area contributed by atoms with Crippen molar-refractivity contribution in [3.63, 3.8) is 0 Å². The predicted molar refractivity (Wildman–Crippen MR) is 35.9 cm³/mol. The molecule has 42 valence electrons. The Labute approximate surface area is 51.8 Å². The minimum atomic E-state index is 0.0694. The van der Waals surface area contributed by atoms with Gasteiger partial charge in [0.2, 0.25) is 5.90 Å². The van der Waals surface area contributed by atoms with E-state index in [9.17, 15) is 0 Å². The second kappa shape index (κ2) is 2.57. The lowest BCUT2D eigenvalue weighted by Gasteiger charge is -1.80. The molecule has 0 fully saturated rings. The molecule has 0 aliphatic carbocycles. The zero-order valence-electron chi connectivity index (χ0n) is 4.11. The van der Waals surface area contributed by atoms with Gasteiger partial charge in [-0.1, -0.05) is 12.2 Å². The molecule has 1 aliphatic rings. The van der Waals surface area contributed by atoms with Crippen LogP contribution in [0.1, 0.15) is 0 Å². The summed E-state index contributed by atoms with van der Waals surface area (Å²) in [5, 5.41) is 10.5. The summed E-state index contributed by atoms with van der Waals surface area (Å²) in [6, 6.07) is 0. The average Bonchev–Trinajstić information content (AvgIpc) is 1.94. The molecule has 0 atom stereocenters. The van der Waals surface area contributed by atoms with E-state index in [1.54, 1.807) is 11.5 Å². The van der Waals surface area contributed by atoms with E-state index in [1.807, 2.05) is 6.08 Å². The van der Waals surface area contributed by atoms with E-state index in [2.05, 4.69) is 4.40 Å². The Balaban J connectivity index is 2.69. The van der Waals surface area contributed by atoms with E-state index in [-0.39, 0.29) is 5.90 Å². The first kappa shape index (κ1) is 5.44. The van der Waals surface area contributed by atoms with Crippen molar-refractivity contribution in [2.24, 2.45) is 4.40 Å². The zero-order chi connectivity index (χ0) is 5.82. The first-order valence-electron chi connectivity index (χ1n) is 2.15. The van der Waals surface area contributed by atoms with Crippen molar-refractivity contribution in [1.29, 1.82) is 0 Å². The number of allylic oxidation sites excluding steroid dienone is 2. The largest absolute Gasteiger partial charge is 0.493 e. The number of rotatable bonds is 0. The number of aliphatic hydroxyl groups is 1. The first-order valence-corrected chi connectivity index (χ1v) is 2.99. The second-order valence-corrected chi connectivity index (χ2v) is 1.91. The predicted octanol–water partition coefficient (Wildman–Crippen LogP) is 1.67. The minimum absolute atomic E-state index is 0.0694. The lowest BCUT2D eigenvalue weighted by Crippen LogP contribution is -1.84. The van der Waals surface area contributed by atoms with Gasteiger partial charge in [-0.2, -0.15) is 4.40 Å². The van der Waals surface area contributed by atoms with Crippen LogP contribution in [0, 0.1) is 0 Å². The minimum Gasteiger partial charge on any atom is -0.493 e. The molecule has 0 radical (unpaired) electrons. The van der Waals surface area contributed by atoms with Gasteiger partial charge in [-0.3, -0.25) is 0 Å². The quantitative estimate of drug-likeness (QED) is 0.502. The number of hydrogen-bond donors (Lipinski definition) is 1. The van der Waals surface area contributed by atoms with Crippen LogP contribution in [0.25, 0.3) is 0 Å². The van der Waals surface area contributed by atoms with Crippen molar-refractivity contribution in [2.45, 2.75) is 0 Å². The molecule has 0 aromatic rings. The van der Waals surface area contributed by atoms with Crippen molar-refractivity contribution >= 4 is 17.8 Å². The topological polar surface area (TPSA) is 32.6 Å². The molecule has 0 spiro atoms. The molecule has 0 saturated heterocycles. The summed E-state index contributed by atoms with van der Waals surface area (Å²) in [7, 11) is 0. The van der Waals surface area contributed by atoms with E-state index in [0.717, 1.165) is 0 Å². The van der Waals surface area contributed by atoms with E-state index in [0.29, 0.717) is 0 Å². The molecule has 0 aromatic heterocycles. The highest BCUT2D eigenvalue weighted by molar-refractivity contribution is 8.01. The fourth-order valence-corrected chi connectivity index (χ4v) is 0.728. The Morgan fingerprint density at radius 1 is 1.50 bits per heavy atom. The molecule has 0 bridgehead atoms. The van der Waals surface area contributed by atoms with Crippen LogP contribution in [-0.4, -0.2) is 11.0 Å². The molecule has 0 saturated carbocycles. The van der Waals surface area contributed by atoms with E-state index < -0.39 is 0 Å². The van der Waals surface area contributed by atoms with E-state index >= 15 is 0 Å². The number of nitrogens with zero attached hydrogens (tertiary/aromatic N) is 1. The SMILES string of the molecule is OC1=NSC=CC=C1. The Bertz CT molecular complexity index is 157. The highest BCUT2D eigenvalue weighted by Crippen LogP contribution is 2.06. The summed E-state index contributed by atoms with van der Waals surface area (Å²) in [4.78, 5) is 0. The maximum absolute atomic E-state index is 8.69. The fraction of sp³-hybridized carbons (Fsp3) is 0. The molecule has 8 heavy (non-hydrogen) atoms. The van der Waals surface area contributed by atoms with Gasteiger partial charge < -0.3 is 5.11 Å². The monoisotopic (exact) mass is 127 g/mol. The standard InChI is InChI=1S/C5H5NOS/c7-5-3-1-2-4-8-6-5/h1-4H,(H,6,7). The van der Waals surface area contributed by atoms with Crippen molar-refractivity contribution in [3.05, 3.63) is 23.6 Å². The first-order chi connectivity index (χ1) is 3.89. The summed E-state index contributed by atoms with van der Waals surface area (Å²) >= 11 is 1.22. The molecule has 1 N–H and O–H groups in total. The third-order valence-corrected chi connectivity index (χ3v) is 1.21. The Morgan fingerprint density at radius 2 is 2.38 bits per heavy atom. The second-order valence-electron chi connectivity index (χ2n) is 1.24. The van der Waals surface area contributed by atoms with Crippen LogP contribution in [0.3, 0.4) is 0 Å². The zero-order valence-corrected chi connectivity index (χ0v) is 4.93. The van der Waals surface area contributed by atoms with Crippen LogP contribution in [-0.2, 0) is 0 Å². The Kier molecular flexibility index (Phi) is 1.75. The van der Waals surface area contributed by atoms with Gasteiger partial charge in [0.05, 0.1) is 0 Å². The van der Waals surface area contributed by atoms with Crippen LogP contribution in [0.5, 0.6) is 0 Å². The molecule has 1 aliphatic heterocycles. The average molecular weight is 127 g/mol. The summed E-state index contributed by atoms with van der Waals surface area (Å²) < 4.78 is 3.64. The van der Waals surface area contributed by atoms with Crippen molar-refractivity contribution < 1.29 is 5.11 Å². The van der Waals surface area contributed by atoms with Crippen LogP contribution < -0.4 is 0 Å². The molecule has 2 nitrogen and oxygen atoms in total. The fourth-order valence-electron chi connectivity index (χ4n) is 0.337. The molecule has 1 rings (SSSR count). The summed E-state index contributed by atoms with van der Waals surface area (Å²) in [6.45, 7) is 0. The highest BCUT2D eigenvalue weighted by Gasteiger charge is 1.86. The van der Waals surface area contributed by atoms with Crippen LogP contribution in [0.4, 0.5) is 0 Å². The van der Waals surface area contributed by atoms with Crippen molar-refractivity contribution in [3.8, 4) is 0 Å². The van der Waals surface area contributed by atoms with Crippen LogP contribution in [0.15, 0.2) is 28.0 Å². The van der Waals surface area contributed by atoms with Gasteiger partial charge in [0, 0.05) is 18.0 Å². The molecular formula is C5H5NOS. The summed E-state index contributed by atoms with van der Waals surface area (Å²) in [6.07, 6.45) is 5.09. The van der Waals surface area contributed by atoms with E-state index in [4.69, 9.17) is 5.11 Å². The van der Waals surface area contributed by atoms with Crippen LogP contribution in [0.2, 0.25) is 0 Å². The Morgan fingerprint density at radius 3 is 3.25 bits per heavy atom. The summed E-state index contributed by atoms with van der Waals surface area (Å²) in [5.41, 5.74) is 0. The number of aliphatic hydroxyl groups excluding tert-OH is 1. The molecular weight excluding hydrogens is 122 g/mol. The van der Waals surface area contributed by atoms with Crippen LogP contribution >= 0.6 is 11.9 Å². The molecule has 0 aromatic carbocycles. The lowest BCUT2D eigenvalue weighted by atomic mass is 10.5. The lowest BCUT2D eigenvalue weighted by molar-refractivity contribution is 0.561. The maximum atomic E-state index is 8.69. The van der Waals surface area contributed by atoms with Gasteiger partial charge in [0.1, 0.15) is 0 Å². The third kappa shape index (κ3) is 1.42. The van der Waals surface area contributed by atoms with Gasteiger partial charge in [-0.05, 0) is 5.41 Å².